The van der Waals surface area contributed by atoms with E-state index in [1.807, 2.05) is 13.8 Å². The van der Waals surface area contributed by atoms with Crippen molar-refractivity contribution in [2.24, 2.45) is 5.41 Å². The van der Waals surface area contributed by atoms with Crippen molar-refractivity contribution in [1.82, 2.24) is 0 Å². The largest absolute Gasteiger partial charge is 0.396 e. The SMILES string of the molecule is CC(C)(CO)C1COCO1. The van der Waals surface area contributed by atoms with E-state index in [0.29, 0.717) is 13.4 Å². The van der Waals surface area contributed by atoms with Gasteiger partial charge >= 0.3 is 0 Å². The van der Waals surface area contributed by atoms with Crippen LogP contribution in [-0.4, -0.2) is 31.2 Å². The van der Waals surface area contributed by atoms with Gasteiger partial charge in [-0.2, -0.15) is 0 Å². The molecule has 10 heavy (non-hydrogen) atoms. The van der Waals surface area contributed by atoms with Gasteiger partial charge in [0.15, 0.2) is 0 Å². The Hall–Kier alpha value is -0.120. The van der Waals surface area contributed by atoms with Crippen LogP contribution < -0.4 is 0 Å². The second-order valence-electron chi connectivity index (χ2n) is 3.29. The molecular formula is C7H14O3. The fourth-order valence-electron chi connectivity index (χ4n) is 0.887. The number of rotatable bonds is 2. The predicted molar refractivity (Wildman–Crippen MR) is 36.6 cm³/mol. The summed E-state index contributed by atoms with van der Waals surface area (Å²) in [5.41, 5.74) is -0.170. The normalized spacial score (nSPS) is 27.3. The summed E-state index contributed by atoms with van der Waals surface area (Å²) in [5.74, 6) is 0. The van der Waals surface area contributed by atoms with Gasteiger partial charge in [0.25, 0.3) is 0 Å². The molecule has 1 aliphatic rings. The first-order valence-electron chi connectivity index (χ1n) is 3.47. The van der Waals surface area contributed by atoms with Crippen LogP contribution in [0.5, 0.6) is 0 Å². The molecule has 0 bridgehead atoms. The Labute approximate surface area is 60.9 Å². The molecule has 1 fully saturated rings. The summed E-state index contributed by atoms with van der Waals surface area (Å²) in [6.07, 6.45) is 0.0532. The molecule has 1 aliphatic heterocycles. The maximum atomic E-state index is 8.92. The Morgan fingerprint density at radius 3 is 2.70 bits per heavy atom. The van der Waals surface area contributed by atoms with Gasteiger partial charge in [0, 0.05) is 5.41 Å². The second-order valence-corrected chi connectivity index (χ2v) is 3.29. The van der Waals surface area contributed by atoms with E-state index in [0.717, 1.165) is 0 Å². The molecule has 0 radical (unpaired) electrons. The molecule has 0 saturated carbocycles. The van der Waals surface area contributed by atoms with E-state index in [9.17, 15) is 0 Å². The number of hydrogen-bond donors (Lipinski definition) is 1. The van der Waals surface area contributed by atoms with E-state index in [1.54, 1.807) is 0 Å². The third-order valence-electron chi connectivity index (χ3n) is 1.90. The van der Waals surface area contributed by atoms with E-state index >= 15 is 0 Å². The van der Waals surface area contributed by atoms with Gasteiger partial charge in [0.1, 0.15) is 6.79 Å². The Balaban J connectivity index is 2.45. The lowest BCUT2D eigenvalue weighted by atomic mass is 9.88. The van der Waals surface area contributed by atoms with Gasteiger partial charge < -0.3 is 14.6 Å². The Morgan fingerprint density at radius 1 is 1.60 bits per heavy atom. The van der Waals surface area contributed by atoms with Gasteiger partial charge in [0.2, 0.25) is 0 Å². The molecule has 0 aliphatic carbocycles. The Kier molecular flexibility index (Phi) is 2.28. The molecule has 3 heteroatoms. The predicted octanol–water partition coefficient (Wildman–Crippen LogP) is 0.378. The minimum Gasteiger partial charge on any atom is -0.396 e. The van der Waals surface area contributed by atoms with Crippen molar-refractivity contribution in [2.45, 2.75) is 20.0 Å². The number of hydrogen-bond acceptors (Lipinski definition) is 3. The monoisotopic (exact) mass is 146 g/mol. The molecule has 0 aromatic carbocycles. The lowest BCUT2D eigenvalue weighted by molar-refractivity contribution is -0.0186. The summed E-state index contributed by atoms with van der Waals surface area (Å²) in [4.78, 5) is 0. The molecule has 1 saturated heterocycles. The van der Waals surface area contributed by atoms with Crippen LogP contribution in [0.3, 0.4) is 0 Å². The first kappa shape index (κ1) is 7.98. The quantitative estimate of drug-likeness (QED) is 0.612. The molecule has 1 N–H and O–H groups in total. The third kappa shape index (κ3) is 1.48. The lowest BCUT2D eigenvalue weighted by Gasteiger charge is -2.26. The Morgan fingerprint density at radius 2 is 2.30 bits per heavy atom. The minimum atomic E-state index is -0.170. The van der Waals surface area contributed by atoms with Crippen LogP contribution in [0.1, 0.15) is 13.8 Å². The summed E-state index contributed by atoms with van der Waals surface area (Å²) < 4.78 is 10.2. The molecule has 1 atom stereocenters. The summed E-state index contributed by atoms with van der Waals surface area (Å²) in [7, 11) is 0. The van der Waals surface area contributed by atoms with Crippen molar-refractivity contribution < 1.29 is 14.6 Å². The standard InChI is InChI=1S/C7H14O3/c1-7(2,4-8)6-3-9-5-10-6/h6,8H,3-5H2,1-2H3. The van der Waals surface area contributed by atoms with Gasteiger partial charge in [-0.1, -0.05) is 13.8 Å². The van der Waals surface area contributed by atoms with Gasteiger partial charge in [-0.3, -0.25) is 0 Å². The summed E-state index contributed by atoms with van der Waals surface area (Å²) in [6, 6.07) is 0. The fourth-order valence-corrected chi connectivity index (χ4v) is 0.887. The molecule has 0 amide bonds. The molecule has 1 rings (SSSR count). The smallest absolute Gasteiger partial charge is 0.147 e. The zero-order valence-corrected chi connectivity index (χ0v) is 6.46. The van der Waals surface area contributed by atoms with Crippen LogP contribution in [0.25, 0.3) is 0 Å². The molecule has 3 nitrogen and oxygen atoms in total. The van der Waals surface area contributed by atoms with E-state index in [-0.39, 0.29) is 18.1 Å². The fraction of sp³-hybridized carbons (Fsp3) is 1.00. The highest BCUT2D eigenvalue weighted by Gasteiger charge is 2.32. The van der Waals surface area contributed by atoms with Gasteiger partial charge in [-0.05, 0) is 0 Å². The minimum absolute atomic E-state index is 0.0532. The summed E-state index contributed by atoms with van der Waals surface area (Å²) in [6.45, 7) is 5.04. The highest BCUT2D eigenvalue weighted by atomic mass is 16.7. The second kappa shape index (κ2) is 2.86. The van der Waals surface area contributed by atoms with E-state index in [2.05, 4.69) is 0 Å². The number of ether oxygens (including phenoxy) is 2. The van der Waals surface area contributed by atoms with Crippen LogP contribution in [0.15, 0.2) is 0 Å². The molecular weight excluding hydrogens is 132 g/mol. The molecule has 0 spiro atoms. The third-order valence-corrected chi connectivity index (χ3v) is 1.90. The highest BCUT2D eigenvalue weighted by Crippen LogP contribution is 2.25. The zero-order chi connectivity index (χ0) is 7.61. The lowest BCUT2D eigenvalue weighted by Crippen LogP contribution is -2.34. The van der Waals surface area contributed by atoms with Gasteiger partial charge in [-0.15, -0.1) is 0 Å². The molecule has 1 heterocycles. The maximum absolute atomic E-state index is 8.92. The van der Waals surface area contributed by atoms with Crippen molar-refractivity contribution in [1.29, 1.82) is 0 Å². The van der Waals surface area contributed by atoms with Gasteiger partial charge in [0.05, 0.1) is 19.3 Å². The van der Waals surface area contributed by atoms with Crippen LogP contribution in [-0.2, 0) is 9.47 Å². The van der Waals surface area contributed by atoms with Crippen molar-refractivity contribution in [2.75, 3.05) is 20.0 Å². The number of aliphatic hydroxyl groups excluding tert-OH is 1. The van der Waals surface area contributed by atoms with Crippen molar-refractivity contribution in [3.05, 3.63) is 0 Å². The van der Waals surface area contributed by atoms with E-state index < -0.39 is 0 Å². The van der Waals surface area contributed by atoms with Crippen LogP contribution in [0.2, 0.25) is 0 Å². The first-order chi connectivity index (χ1) is 4.67. The van der Waals surface area contributed by atoms with Crippen molar-refractivity contribution >= 4 is 0 Å². The molecule has 1 unspecified atom stereocenters. The average Bonchev–Trinajstić information content (AvgIpc) is 2.38. The summed E-state index contributed by atoms with van der Waals surface area (Å²) in [5, 5.41) is 8.92. The van der Waals surface area contributed by atoms with Crippen LogP contribution in [0, 0.1) is 5.41 Å². The number of aliphatic hydroxyl groups is 1. The van der Waals surface area contributed by atoms with Crippen LogP contribution in [0.4, 0.5) is 0 Å². The first-order valence-corrected chi connectivity index (χ1v) is 3.47. The summed E-state index contributed by atoms with van der Waals surface area (Å²) >= 11 is 0. The Bertz CT molecular complexity index is 105. The topological polar surface area (TPSA) is 38.7 Å². The van der Waals surface area contributed by atoms with Gasteiger partial charge in [-0.25, -0.2) is 0 Å². The molecule has 0 aromatic heterocycles. The van der Waals surface area contributed by atoms with Crippen LogP contribution >= 0.6 is 0 Å². The average molecular weight is 146 g/mol. The van der Waals surface area contributed by atoms with E-state index in [1.165, 1.54) is 0 Å². The van der Waals surface area contributed by atoms with E-state index in [4.69, 9.17) is 14.6 Å². The molecule has 0 aromatic rings. The van der Waals surface area contributed by atoms with Crippen molar-refractivity contribution in [3.63, 3.8) is 0 Å². The highest BCUT2D eigenvalue weighted by molar-refractivity contribution is 4.79. The zero-order valence-electron chi connectivity index (χ0n) is 6.46. The van der Waals surface area contributed by atoms with Crippen molar-refractivity contribution in [3.8, 4) is 0 Å². The maximum Gasteiger partial charge on any atom is 0.147 e. The molecule has 60 valence electrons.